The fourth-order valence-corrected chi connectivity index (χ4v) is 2.72. The van der Waals surface area contributed by atoms with Crippen LogP contribution in [-0.4, -0.2) is 17.5 Å². The topological polar surface area (TPSA) is 29.5 Å². The highest BCUT2D eigenvalue weighted by molar-refractivity contribution is 7.99. The van der Waals surface area contributed by atoms with Gasteiger partial charge in [-0.3, -0.25) is 0 Å². The second kappa shape index (κ2) is 7.31. The molecule has 1 N–H and O–H groups in total. The molecule has 2 nitrogen and oxygen atoms in total. The summed E-state index contributed by atoms with van der Waals surface area (Å²) < 4.78 is 18.5. The first-order valence-corrected chi connectivity index (χ1v) is 7.47. The molecule has 0 aliphatic carbocycles. The van der Waals surface area contributed by atoms with Crippen molar-refractivity contribution in [1.29, 1.82) is 0 Å². The van der Waals surface area contributed by atoms with E-state index in [1.165, 1.54) is 23.9 Å². The van der Waals surface area contributed by atoms with Gasteiger partial charge in [-0.15, -0.1) is 11.8 Å². The number of thioether (sulfide) groups is 1. The van der Waals surface area contributed by atoms with Crippen molar-refractivity contribution < 1.29 is 14.2 Å². The van der Waals surface area contributed by atoms with Crippen LogP contribution in [0, 0.1) is 5.82 Å². The van der Waals surface area contributed by atoms with Gasteiger partial charge in [0, 0.05) is 10.6 Å². The second-order valence-electron chi connectivity index (χ2n) is 4.29. The zero-order valence-electron chi connectivity index (χ0n) is 11.3. The molecule has 0 aliphatic rings. The third kappa shape index (κ3) is 4.25. The van der Waals surface area contributed by atoms with Crippen LogP contribution < -0.4 is 4.74 Å². The van der Waals surface area contributed by atoms with Crippen LogP contribution in [0.5, 0.6) is 5.75 Å². The highest BCUT2D eigenvalue weighted by Gasteiger charge is 2.09. The van der Waals surface area contributed by atoms with E-state index in [-0.39, 0.29) is 5.82 Å². The van der Waals surface area contributed by atoms with Crippen LogP contribution in [0.25, 0.3) is 0 Å². The highest BCUT2D eigenvalue weighted by Crippen LogP contribution is 2.26. The summed E-state index contributed by atoms with van der Waals surface area (Å²) >= 11 is 1.43. The SMILES string of the molecule is CCOc1cccc(C(O)CSc2cccc(F)c2)c1. The van der Waals surface area contributed by atoms with Crippen molar-refractivity contribution in [2.75, 3.05) is 12.4 Å². The summed E-state index contributed by atoms with van der Waals surface area (Å²) in [4.78, 5) is 0.810. The van der Waals surface area contributed by atoms with Crippen LogP contribution in [0.2, 0.25) is 0 Å². The molecule has 2 aromatic carbocycles. The van der Waals surface area contributed by atoms with Gasteiger partial charge < -0.3 is 9.84 Å². The summed E-state index contributed by atoms with van der Waals surface area (Å²) in [6, 6.07) is 13.8. The maximum atomic E-state index is 13.1. The average molecular weight is 292 g/mol. The van der Waals surface area contributed by atoms with Crippen molar-refractivity contribution >= 4 is 11.8 Å². The Labute approximate surface area is 122 Å². The van der Waals surface area contributed by atoms with Gasteiger partial charge in [0.15, 0.2) is 0 Å². The van der Waals surface area contributed by atoms with Gasteiger partial charge in [-0.05, 0) is 42.8 Å². The molecule has 0 heterocycles. The standard InChI is InChI=1S/C16H17FO2S/c1-2-19-14-7-3-5-12(9-14)16(18)11-20-15-8-4-6-13(17)10-15/h3-10,16,18H,2,11H2,1H3. The normalized spacial score (nSPS) is 12.2. The molecule has 0 fully saturated rings. The van der Waals surface area contributed by atoms with Crippen molar-refractivity contribution in [3.8, 4) is 5.75 Å². The Hall–Kier alpha value is -1.52. The Bertz CT molecular complexity index is 560. The summed E-state index contributed by atoms with van der Waals surface area (Å²) in [5, 5.41) is 10.2. The van der Waals surface area contributed by atoms with Gasteiger partial charge in [-0.2, -0.15) is 0 Å². The number of rotatable bonds is 6. The molecule has 0 aromatic heterocycles. The molecular formula is C16H17FO2S. The number of aliphatic hydroxyl groups excluding tert-OH is 1. The maximum absolute atomic E-state index is 13.1. The zero-order chi connectivity index (χ0) is 14.4. The first-order valence-electron chi connectivity index (χ1n) is 6.48. The minimum atomic E-state index is -0.608. The molecular weight excluding hydrogens is 275 g/mol. The fourth-order valence-electron chi connectivity index (χ4n) is 1.81. The summed E-state index contributed by atoms with van der Waals surface area (Å²) in [5.74, 6) is 0.960. The van der Waals surface area contributed by atoms with Gasteiger partial charge in [-0.1, -0.05) is 18.2 Å². The van der Waals surface area contributed by atoms with Crippen LogP contribution in [0.15, 0.2) is 53.4 Å². The third-order valence-electron chi connectivity index (χ3n) is 2.76. The van der Waals surface area contributed by atoms with Crippen LogP contribution in [0.4, 0.5) is 4.39 Å². The predicted octanol–water partition coefficient (Wildman–Crippen LogP) is 4.05. The Kier molecular flexibility index (Phi) is 5.44. The number of hydrogen-bond donors (Lipinski definition) is 1. The van der Waals surface area contributed by atoms with Crippen molar-refractivity contribution in [1.82, 2.24) is 0 Å². The van der Waals surface area contributed by atoms with Crippen LogP contribution in [0.1, 0.15) is 18.6 Å². The van der Waals surface area contributed by atoms with E-state index in [9.17, 15) is 9.50 Å². The Morgan fingerprint density at radius 2 is 2.00 bits per heavy atom. The van der Waals surface area contributed by atoms with Crippen LogP contribution in [-0.2, 0) is 0 Å². The molecule has 0 saturated carbocycles. The van der Waals surface area contributed by atoms with Crippen LogP contribution >= 0.6 is 11.8 Å². The van der Waals surface area contributed by atoms with Crippen molar-refractivity contribution in [3.63, 3.8) is 0 Å². The van der Waals surface area contributed by atoms with Crippen LogP contribution in [0.3, 0.4) is 0 Å². The molecule has 0 bridgehead atoms. The average Bonchev–Trinajstić information content (AvgIpc) is 2.45. The molecule has 1 atom stereocenters. The molecule has 20 heavy (non-hydrogen) atoms. The van der Waals surface area contributed by atoms with Crippen molar-refractivity contribution in [2.45, 2.75) is 17.9 Å². The molecule has 2 rings (SSSR count). The summed E-state index contributed by atoms with van der Waals surface area (Å²) in [7, 11) is 0. The van der Waals surface area contributed by atoms with Crippen molar-refractivity contribution in [3.05, 3.63) is 59.9 Å². The quantitative estimate of drug-likeness (QED) is 0.814. The van der Waals surface area contributed by atoms with E-state index in [2.05, 4.69) is 0 Å². The maximum Gasteiger partial charge on any atom is 0.124 e. The number of halogens is 1. The molecule has 0 amide bonds. The minimum absolute atomic E-state index is 0.261. The number of aliphatic hydroxyl groups is 1. The Morgan fingerprint density at radius 3 is 2.75 bits per heavy atom. The van der Waals surface area contributed by atoms with Gasteiger partial charge in [0.25, 0.3) is 0 Å². The third-order valence-corrected chi connectivity index (χ3v) is 3.83. The van der Waals surface area contributed by atoms with Gasteiger partial charge >= 0.3 is 0 Å². The fraction of sp³-hybridized carbons (Fsp3) is 0.250. The van der Waals surface area contributed by atoms with Gasteiger partial charge in [0.2, 0.25) is 0 Å². The number of ether oxygens (including phenoxy) is 1. The van der Waals surface area contributed by atoms with E-state index in [4.69, 9.17) is 4.74 Å². The first kappa shape index (κ1) is 14.9. The highest BCUT2D eigenvalue weighted by atomic mass is 32.2. The monoisotopic (exact) mass is 292 g/mol. The molecule has 1 unspecified atom stereocenters. The zero-order valence-corrected chi connectivity index (χ0v) is 12.1. The molecule has 2 aromatic rings. The van der Waals surface area contributed by atoms with Gasteiger partial charge in [0.05, 0.1) is 12.7 Å². The van der Waals surface area contributed by atoms with Gasteiger partial charge in [-0.25, -0.2) is 4.39 Å². The first-order chi connectivity index (χ1) is 9.69. The predicted molar refractivity (Wildman–Crippen MR) is 79.7 cm³/mol. The minimum Gasteiger partial charge on any atom is -0.494 e. The number of benzene rings is 2. The van der Waals surface area contributed by atoms with E-state index in [0.717, 1.165) is 16.2 Å². The van der Waals surface area contributed by atoms with E-state index in [1.54, 1.807) is 6.07 Å². The van der Waals surface area contributed by atoms with E-state index >= 15 is 0 Å². The smallest absolute Gasteiger partial charge is 0.124 e. The lowest BCUT2D eigenvalue weighted by Crippen LogP contribution is -2.01. The van der Waals surface area contributed by atoms with E-state index < -0.39 is 6.10 Å². The Morgan fingerprint density at radius 1 is 1.20 bits per heavy atom. The molecule has 0 spiro atoms. The largest absolute Gasteiger partial charge is 0.494 e. The summed E-state index contributed by atoms with van der Waals surface area (Å²) in [6.07, 6.45) is -0.608. The summed E-state index contributed by atoms with van der Waals surface area (Å²) in [5.41, 5.74) is 0.805. The lowest BCUT2D eigenvalue weighted by Gasteiger charge is -2.12. The molecule has 0 radical (unpaired) electrons. The van der Waals surface area contributed by atoms with Crippen molar-refractivity contribution in [2.24, 2.45) is 0 Å². The lowest BCUT2D eigenvalue weighted by atomic mass is 10.1. The molecule has 0 aliphatic heterocycles. The van der Waals surface area contributed by atoms with E-state index in [0.29, 0.717) is 12.4 Å². The second-order valence-corrected chi connectivity index (χ2v) is 5.38. The summed E-state index contributed by atoms with van der Waals surface area (Å²) in [6.45, 7) is 2.51. The Balaban J connectivity index is 1.97. The molecule has 106 valence electrons. The molecule has 0 saturated heterocycles. The number of hydrogen-bond acceptors (Lipinski definition) is 3. The van der Waals surface area contributed by atoms with Gasteiger partial charge in [0.1, 0.15) is 11.6 Å². The lowest BCUT2D eigenvalue weighted by molar-refractivity contribution is 0.203. The van der Waals surface area contributed by atoms with E-state index in [1.807, 2.05) is 37.3 Å². The molecule has 4 heteroatoms.